The number of amides is 1. The molecule has 4 nitrogen and oxygen atoms in total. The van der Waals surface area contributed by atoms with Crippen molar-refractivity contribution in [2.24, 2.45) is 0 Å². The quantitative estimate of drug-likeness (QED) is 0.644. The summed E-state index contributed by atoms with van der Waals surface area (Å²) >= 11 is 0. The zero-order chi connectivity index (χ0) is 14.6. The van der Waals surface area contributed by atoms with Gasteiger partial charge in [-0.05, 0) is 31.8 Å². The number of carbonyl (C=O) groups excluding carboxylic acids is 1. The molecule has 0 bridgehead atoms. The van der Waals surface area contributed by atoms with Crippen LogP contribution in [-0.2, 0) is 6.54 Å². The molecular weight excluding hydrogens is 228 g/mol. The minimum atomic E-state index is -0.485. The van der Waals surface area contributed by atoms with Crippen LogP contribution in [0.25, 0.3) is 0 Å². The molecule has 0 fully saturated rings. The first kappa shape index (κ1) is 19.0. The number of nitrogens with zero attached hydrogens (tertiary/aromatic N) is 1. The van der Waals surface area contributed by atoms with E-state index in [1.807, 2.05) is 58.8 Å². The molecule has 0 saturated heterocycles. The van der Waals surface area contributed by atoms with Gasteiger partial charge in [0.05, 0.1) is 0 Å². The van der Waals surface area contributed by atoms with Crippen molar-refractivity contribution in [3.8, 4) is 0 Å². The lowest BCUT2D eigenvalue weighted by Gasteiger charge is -2.09. The Morgan fingerprint density at radius 3 is 1.89 bits per heavy atom. The van der Waals surface area contributed by atoms with Gasteiger partial charge in [0.25, 0.3) is 5.91 Å². The summed E-state index contributed by atoms with van der Waals surface area (Å²) in [6.45, 7) is 8.83. The van der Waals surface area contributed by atoms with Gasteiger partial charge in [-0.15, -0.1) is 0 Å². The van der Waals surface area contributed by atoms with Crippen LogP contribution in [-0.4, -0.2) is 30.1 Å². The van der Waals surface area contributed by atoms with Gasteiger partial charge < -0.3 is 4.90 Å². The van der Waals surface area contributed by atoms with Crippen LogP contribution in [0.15, 0.2) is 24.3 Å². The lowest BCUT2D eigenvalue weighted by atomic mass is 10.1. The highest BCUT2D eigenvalue weighted by atomic mass is 16.5. The fourth-order valence-corrected chi connectivity index (χ4v) is 1.19. The molecule has 4 heteroatoms. The van der Waals surface area contributed by atoms with E-state index in [0.29, 0.717) is 5.56 Å². The Bertz CT molecular complexity index is 308. The third-order valence-electron chi connectivity index (χ3n) is 1.82. The van der Waals surface area contributed by atoms with Crippen molar-refractivity contribution in [2.75, 3.05) is 14.1 Å². The predicted molar refractivity (Wildman–Crippen MR) is 75.8 cm³/mol. The summed E-state index contributed by atoms with van der Waals surface area (Å²) < 4.78 is 0. The van der Waals surface area contributed by atoms with Gasteiger partial charge in [-0.25, -0.2) is 5.48 Å². The number of nitrogens with one attached hydrogen (secondary N) is 1. The minimum Gasteiger partial charge on any atom is -0.305 e. The maximum absolute atomic E-state index is 11.0. The van der Waals surface area contributed by atoms with E-state index in [1.165, 1.54) is 0 Å². The number of rotatable bonds is 3. The summed E-state index contributed by atoms with van der Waals surface area (Å²) in [4.78, 5) is 13.0. The Morgan fingerprint density at radius 2 is 1.56 bits per heavy atom. The highest BCUT2D eigenvalue weighted by molar-refractivity contribution is 5.93. The molecule has 104 valence electrons. The van der Waals surface area contributed by atoms with E-state index >= 15 is 0 Å². The number of hydroxylamine groups is 1. The predicted octanol–water partition coefficient (Wildman–Crippen LogP) is 2.92. The summed E-state index contributed by atoms with van der Waals surface area (Å²) in [7, 11) is 3.96. The maximum Gasteiger partial charge on any atom is 0.274 e. The van der Waals surface area contributed by atoms with Crippen LogP contribution in [0.5, 0.6) is 0 Å². The van der Waals surface area contributed by atoms with E-state index in [0.717, 1.165) is 12.1 Å². The topological polar surface area (TPSA) is 52.6 Å². The number of benzene rings is 1. The number of hydrogen-bond acceptors (Lipinski definition) is 3. The summed E-state index contributed by atoms with van der Waals surface area (Å²) in [6, 6.07) is 7.10. The first-order chi connectivity index (χ1) is 8.63. The SMILES string of the molecule is CC.CC.CN(C)Cc1ccc(C(=O)NO)cc1. The molecule has 0 saturated carbocycles. The zero-order valence-electron chi connectivity index (χ0n) is 12.3. The van der Waals surface area contributed by atoms with Crippen molar-refractivity contribution in [3.63, 3.8) is 0 Å². The van der Waals surface area contributed by atoms with Crippen LogP contribution in [0.1, 0.15) is 43.6 Å². The molecule has 0 aliphatic heterocycles. The van der Waals surface area contributed by atoms with E-state index in [4.69, 9.17) is 5.21 Å². The Hall–Kier alpha value is -1.39. The highest BCUT2D eigenvalue weighted by Crippen LogP contribution is 2.05. The Kier molecular flexibility index (Phi) is 12.7. The number of hydrogen-bond donors (Lipinski definition) is 2. The molecule has 2 N–H and O–H groups in total. The third-order valence-corrected chi connectivity index (χ3v) is 1.82. The second kappa shape index (κ2) is 12.1. The molecule has 0 aliphatic carbocycles. The van der Waals surface area contributed by atoms with E-state index in [9.17, 15) is 4.79 Å². The summed E-state index contributed by atoms with van der Waals surface area (Å²) in [5.41, 5.74) is 3.18. The zero-order valence-corrected chi connectivity index (χ0v) is 12.3. The molecule has 1 aromatic carbocycles. The van der Waals surface area contributed by atoms with Crippen LogP contribution in [0.2, 0.25) is 0 Å². The van der Waals surface area contributed by atoms with Crippen LogP contribution in [0, 0.1) is 0 Å². The molecule has 0 radical (unpaired) electrons. The van der Waals surface area contributed by atoms with Crippen molar-refractivity contribution in [1.29, 1.82) is 0 Å². The van der Waals surface area contributed by atoms with Crippen molar-refractivity contribution in [3.05, 3.63) is 35.4 Å². The highest BCUT2D eigenvalue weighted by Gasteiger charge is 2.03. The second-order valence-electron chi connectivity index (χ2n) is 3.38. The minimum absolute atomic E-state index is 0.454. The molecule has 0 heterocycles. The normalized spacial score (nSPS) is 8.67. The molecule has 1 aromatic rings. The standard InChI is InChI=1S/C10H14N2O2.2C2H6/c1-12(2)7-8-3-5-9(6-4-8)10(13)11-14;2*1-2/h3-6,14H,7H2,1-2H3,(H,11,13);2*1-2H3. The molecule has 0 spiro atoms. The van der Waals surface area contributed by atoms with Crippen molar-refractivity contribution >= 4 is 5.91 Å². The van der Waals surface area contributed by atoms with Gasteiger partial charge in [0.2, 0.25) is 0 Å². The second-order valence-corrected chi connectivity index (χ2v) is 3.38. The smallest absolute Gasteiger partial charge is 0.274 e. The molecule has 1 rings (SSSR count). The largest absolute Gasteiger partial charge is 0.305 e. The van der Waals surface area contributed by atoms with Gasteiger partial charge in [0, 0.05) is 12.1 Å². The molecular formula is C14H26N2O2. The Morgan fingerprint density at radius 1 is 1.11 bits per heavy atom. The van der Waals surface area contributed by atoms with Crippen LogP contribution < -0.4 is 5.48 Å². The van der Waals surface area contributed by atoms with Gasteiger partial charge in [-0.3, -0.25) is 10.0 Å². The lowest BCUT2D eigenvalue weighted by Crippen LogP contribution is -2.18. The molecule has 0 aliphatic rings. The average molecular weight is 254 g/mol. The van der Waals surface area contributed by atoms with Gasteiger partial charge in [0.1, 0.15) is 0 Å². The van der Waals surface area contributed by atoms with Gasteiger partial charge >= 0.3 is 0 Å². The molecule has 1 amide bonds. The van der Waals surface area contributed by atoms with Crippen molar-refractivity contribution in [1.82, 2.24) is 10.4 Å². The average Bonchev–Trinajstić information content (AvgIpc) is 2.42. The van der Waals surface area contributed by atoms with Crippen molar-refractivity contribution < 1.29 is 10.0 Å². The van der Waals surface area contributed by atoms with E-state index in [1.54, 1.807) is 17.6 Å². The van der Waals surface area contributed by atoms with Gasteiger partial charge in [0.15, 0.2) is 0 Å². The maximum atomic E-state index is 11.0. The third kappa shape index (κ3) is 7.81. The summed E-state index contributed by atoms with van der Waals surface area (Å²) in [5, 5.41) is 8.40. The number of carbonyl (C=O) groups is 1. The summed E-state index contributed by atoms with van der Waals surface area (Å²) in [6.07, 6.45) is 0. The summed E-state index contributed by atoms with van der Waals surface area (Å²) in [5.74, 6) is -0.485. The van der Waals surface area contributed by atoms with Crippen LogP contribution in [0.4, 0.5) is 0 Å². The van der Waals surface area contributed by atoms with Gasteiger partial charge in [-0.2, -0.15) is 0 Å². The van der Waals surface area contributed by atoms with Crippen molar-refractivity contribution in [2.45, 2.75) is 34.2 Å². The lowest BCUT2D eigenvalue weighted by molar-refractivity contribution is 0.0706. The van der Waals surface area contributed by atoms with E-state index in [2.05, 4.69) is 0 Å². The monoisotopic (exact) mass is 254 g/mol. The van der Waals surface area contributed by atoms with Crippen LogP contribution >= 0.6 is 0 Å². The first-order valence-electron chi connectivity index (χ1n) is 6.31. The first-order valence-corrected chi connectivity index (χ1v) is 6.31. The fourth-order valence-electron chi connectivity index (χ4n) is 1.19. The van der Waals surface area contributed by atoms with E-state index in [-0.39, 0.29) is 0 Å². The van der Waals surface area contributed by atoms with E-state index < -0.39 is 5.91 Å². The molecule has 0 unspecified atom stereocenters. The Balaban J connectivity index is 0. The molecule has 0 atom stereocenters. The fraction of sp³-hybridized carbons (Fsp3) is 0.500. The van der Waals surface area contributed by atoms with Crippen LogP contribution in [0.3, 0.4) is 0 Å². The molecule has 18 heavy (non-hydrogen) atoms. The Labute approximate surface area is 111 Å². The molecule has 0 aromatic heterocycles. The van der Waals surface area contributed by atoms with Gasteiger partial charge in [-0.1, -0.05) is 39.8 Å².